The Balaban J connectivity index is 1.84. The van der Waals surface area contributed by atoms with Gasteiger partial charge in [0.15, 0.2) is 0 Å². The minimum atomic E-state index is -3.99. The van der Waals surface area contributed by atoms with Gasteiger partial charge < -0.3 is 11.1 Å². The van der Waals surface area contributed by atoms with Gasteiger partial charge in [-0.25, -0.2) is 12.8 Å². The molecule has 0 heterocycles. The van der Waals surface area contributed by atoms with E-state index in [0.29, 0.717) is 16.8 Å². The number of benzene rings is 3. The molecule has 30 heavy (non-hydrogen) atoms. The number of nitrogens with two attached hydrogens (primary N) is 1. The fourth-order valence-corrected chi connectivity index (χ4v) is 3.75. The monoisotopic (exact) mass is 427 g/mol. The van der Waals surface area contributed by atoms with E-state index in [2.05, 4.69) is 10.0 Å². The normalized spacial score (nSPS) is 11.0. The first kappa shape index (κ1) is 21.0. The number of carbonyl (C=O) groups excluding carboxylic acids is 2. The van der Waals surface area contributed by atoms with E-state index in [1.54, 1.807) is 6.92 Å². The van der Waals surface area contributed by atoms with Crippen LogP contribution in [-0.2, 0) is 10.0 Å². The largest absolute Gasteiger partial charge is 0.366 e. The molecule has 3 aromatic rings. The highest BCUT2D eigenvalue weighted by Gasteiger charge is 2.18. The van der Waals surface area contributed by atoms with E-state index in [9.17, 15) is 22.4 Å². The number of anilines is 2. The quantitative estimate of drug-likeness (QED) is 0.559. The standard InChI is InChI=1S/C21H18FN3O4S/c1-13-2-11-18(30(28,29)25-17-9-5-15(22)6-10-17)12-19(13)21(27)24-16-7-3-14(4-8-16)20(23)26/h2-12,25H,1H3,(H2,23,26)(H,24,27). The van der Waals surface area contributed by atoms with Crippen molar-refractivity contribution in [3.05, 3.63) is 89.2 Å². The van der Waals surface area contributed by atoms with Crippen LogP contribution >= 0.6 is 0 Å². The lowest BCUT2D eigenvalue weighted by Crippen LogP contribution is -2.17. The van der Waals surface area contributed by atoms with Gasteiger partial charge in [0.2, 0.25) is 5.91 Å². The van der Waals surface area contributed by atoms with E-state index < -0.39 is 27.7 Å². The molecule has 0 aliphatic carbocycles. The smallest absolute Gasteiger partial charge is 0.261 e. The lowest BCUT2D eigenvalue weighted by atomic mass is 10.1. The highest BCUT2D eigenvalue weighted by molar-refractivity contribution is 7.92. The van der Waals surface area contributed by atoms with Crippen molar-refractivity contribution in [2.24, 2.45) is 5.73 Å². The molecule has 0 aromatic heterocycles. The summed E-state index contributed by atoms with van der Waals surface area (Å²) in [7, 11) is -3.99. The number of halogens is 1. The molecule has 7 nitrogen and oxygen atoms in total. The summed E-state index contributed by atoms with van der Waals surface area (Å²) < 4.78 is 40.7. The van der Waals surface area contributed by atoms with Gasteiger partial charge in [0.1, 0.15) is 5.82 Å². The van der Waals surface area contributed by atoms with E-state index in [-0.39, 0.29) is 16.1 Å². The summed E-state index contributed by atoms with van der Waals surface area (Å²) in [6.45, 7) is 1.68. The van der Waals surface area contributed by atoms with Crippen molar-refractivity contribution in [3.63, 3.8) is 0 Å². The van der Waals surface area contributed by atoms with E-state index >= 15 is 0 Å². The van der Waals surface area contributed by atoms with Crippen LogP contribution in [-0.4, -0.2) is 20.2 Å². The van der Waals surface area contributed by atoms with Gasteiger partial charge in [-0.1, -0.05) is 6.07 Å². The van der Waals surface area contributed by atoms with Gasteiger partial charge in [-0.2, -0.15) is 0 Å². The number of nitrogens with one attached hydrogen (secondary N) is 2. The van der Waals surface area contributed by atoms with Crippen LogP contribution in [0.5, 0.6) is 0 Å². The van der Waals surface area contributed by atoms with Crippen LogP contribution in [0.2, 0.25) is 0 Å². The summed E-state index contributed by atoms with van der Waals surface area (Å²) in [6.07, 6.45) is 0. The molecule has 0 fully saturated rings. The van der Waals surface area contributed by atoms with Crippen molar-refractivity contribution < 1.29 is 22.4 Å². The predicted octanol–water partition coefficient (Wildman–Crippen LogP) is 3.29. The van der Waals surface area contributed by atoms with Gasteiger partial charge in [0.25, 0.3) is 15.9 Å². The highest BCUT2D eigenvalue weighted by atomic mass is 32.2. The Labute approximate surface area is 172 Å². The van der Waals surface area contributed by atoms with Crippen molar-refractivity contribution in [1.29, 1.82) is 0 Å². The van der Waals surface area contributed by atoms with Crippen LogP contribution in [0.15, 0.2) is 71.6 Å². The number of sulfonamides is 1. The zero-order chi connectivity index (χ0) is 21.9. The molecule has 0 aliphatic rings. The number of hydrogen-bond donors (Lipinski definition) is 3. The third kappa shape index (κ3) is 4.81. The summed E-state index contributed by atoms with van der Waals surface area (Å²) in [5.41, 5.74) is 6.83. The molecule has 0 unspecified atom stereocenters. The minimum Gasteiger partial charge on any atom is -0.366 e. The topological polar surface area (TPSA) is 118 Å². The average molecular weight is 427 g/mol. The maximum Gasteiger partial charge on any atom is 0.261 e. The second kappa shape index (κ2) is 8.34. The summed E-state index contributed by atoms with van der Waals surface area (Å²) >= 11 is 0. The number of amides is 2. The number of aryl methyl sites for hydroxylation is 1. The second-order valence-corrected chi connectivity index (χ2v) is 8.17. The lowest BCUT2D eigenvalue weighted by molar-refractivity contribution is 0.0998. The van der Waals surface area contributed by atoms with Crippen molar-refractivity contribution in [3.8, 4) is 0 Å². The molecule has 0 aliphatic heterocycles. The van der Waals surface area contributed by atoms with Gasteiger partial charge in [0.05, 0.1) is 4.90 Å². The van der Waals surface area contributed by atoms with Gasteiger partial charge >= 0.3 is 0 Å². The number of primary amides is 1. The summed E-state index contributed by atoms with van der Waals surface area (Å²) in [4.78, 5) is 23.7. The first-order valence-electron chi connectivity index (χ1n) is 8.76. The van der Waals surface area contributed by atoms with Crippen molar-refractivity contribution in [2.45, 2.75) is 11.8 Å². The first-order chi connectivity index (χ1) is 14.2. The van der Waals surface area contributed by atoms with E-state index in [4.69, 9.17) is 5.73 Å². The molecule has 0 bridgehead atoms. The molecule has 3 aromatic carbocycles. The maximum absolute atomic E-state index is 13.0. The Bertz CT molecular complexity index is 1210. The Morgan fingerprint density at radius 2 is 1.50 bits per heavy atom. The van der Waals surface area contributed by atoms with E-state index in [0.717, 1.165) is 12.1 Å². The van der Waals surface area contributed by atoms with Crippen molar-refractivity contribution in [1.82, 2.24) is 0 Å². The van der Waals surface area contributed by atoms with Crippen molar-refractivity contribution in [2.75, 3.05) is 10.0 Å². The molecule has 2 amide bonds. The molecular weight excluding hydrogens is 409 g/mol. The number of hydrogen-bond acceptors (Lipinski definition) is 4. The molecule has 0 atom stereocenters. The Morgan fingerprint density at radius 1 is 0.900 bits per heavy atom. The maximum atomic E-state index is 13.0. The molecule has 4 N–H and O–H groups in total. The van der Waals surface area contributed by atoms with Crippen LogP contribution < -0.4 is 15.8 Å². The number of carbonyl (C=O) groups is 2. The Kier molecular flexibility index (Phi) is 5.84. The molecule has 3 rings (SSSR count). The van der Waals surface area contributed by atoms with Crippen LogP contribution in [0.1, 0.15) is 26.3 Å². The molecule has 9 heteroatoms. The first-order valence-corrected chi connectivity index (χ1v) is 10.2. The zero-order valence-corrected chi connectivity index (χ0v) is 16.7. The molecule has 0 saturated heterocycles. The van der Waals surface area contributed by atoms with Crippen LogP contribution in [0.3, 0.4) is 0 Å². The molecule has 0 spiro atoms. The molecule has 0 radical (unpaired) electrons. The molecule has 0 saturated carbocycles. The van der Waals surface area contributed by atoms with Crippen LogP contribution in [0.4, 0.5) is 15.8 Å². The SMILES string of the molecule is Cc1ccc(S(=O)(=O)Nc2ccc(F)cc2)cc1C(=O)Nc1ccc(C(N)=O)cc1. The number of rotatable bonds is 6. The fraction of sp³-hybridized carbons (Fsp3) is 0.0476. The zero-order valence-electron chi connectivity index (χ0n) is 15.8. The third-order valence-electron chi connectivity index (χ3n) is 4.29. The summed E-state index contributed by atoms with van der Waals surface area (Å²) in [5.74, 6) is -1.59. The van der Waals surface area contributed by atoms with E-state index in [1.165, 1.54) is 54.6 Å². The summed E-state index contributed by atoms with van der Waals surface area (Å²) in [6, 6.07) is 15.0. The predicted molar refractivity (Wildman–Crippen MR) is 111 cm³/mol. The Hall–Kier alpha value is -3.72. The van der Waals surface area contributed by atoms with Gasteiger partial charge in [-0.3, -0.25) is 14.3 Å². The lowest BCUT2D eigenvalue weighted by Gasteiger charge is -2.12. The van der Waals surface area contributed by atoms with Gasteiger partial charge in [-0.15, -0.1) is 0 Å². The third-order valence-corrected chi connectivity index (χ3v) is 5.67. The highest BCUT2D eigenvalue weighted by Crippen LogP contribution is 2.21. The van der Waals surface area contributed by atoms with E-state index in [1.807, 2.05) is 0 Å². The Morgan fingerprint density at radius 3 is 2.10 bits per heavy atom. The van der Waals surface area contributed by atoms with Crippen LogP contribution in [0, 0.1) is 12.7 Å². The van der Waals surface area contributed by atoms with Crippen LogP contribution in [0.25, 0.3) is 0 Å². The van der Waals surface area contributed by atoms with Gasteiger partial charge in [0, 0.05) is 22.5 Å². The van der Waals surface area contributed by atoms with Crippen molar-refractivity contribution >= 4 is 33.2 Å². The fourth-order valence-electron chi connectivity index (χ4n) is 2.66. The minimum absolute atomic E-state index is 0.119. The second-order valence-electron chi connectivity index (χ2n) is 6.48. The molecular formula is C21H18FN3O4S. The van der Waals surface area contributed by atoms with Gasteiger partial charge in [-0.05, 0) is 73.2 Å². The summed E-state index contributed by atoms with van der Waals surface area (Å²) in [5, 5.41) is 2.65. The average Bonchev–Trinajstić information content (AvgIpc) is 2.70. The molecule has 154 valence electrons.